The van der Waals surface area contributed by atoms with E-state index < -0.39 is 35.9 Å². The molecule has 0 bridgehead atoms. The minimum absolute atomic E-state index is 0.299. The first-order chi connectivity index (χ1) is 8.11. The Morgan fingerprint density at radius 3 is 2.39 bits per heavy atom. The van der Waals surface area contributed by atoms with E-state index in [0.29, 0.717) is 6.07 Å². The normalized spacial score (nSPS) is 11.7. The number of pyridine rings is 1. The maximum atomic E-state index is 12.5. The summed E-state index contributed by atoms with van der Waals surface area (Å²) in [6, 6.07) is 0.628. The maximum Gasteiger partial charge on any atom is 0.574 e. The fourth-order valence-corrected chi connectivity index (χ4v) is 1.27. The van der Waals surface area contributed by atoms with E-state index in [1.54, 1.807) is 0 Å². The number of carbonyl (C=O) groups is 1. The van der Waals surface area contributed by atoms with Gasteiger partial charge in [-0.25, -0.2) is 18.6 Å². The fraction of sp³-hybridized carbons (Fsp3) is 0.333. The van der Waals surface area contributed by atoms with Gasteiger partial charge in [0, 0.05) is 6.07 Å². The molecule has 0 spiro atoms. The second kappa shape index (κ2) is 4.75. The van der Waals surface area contributed by atoms with E-state index in [4.69, 9.17) is 5.11 Å². The topological polar surface area (TPSA) is 59.4 Å². The maximum absolute atomic E-state index is 12.5. The summed E-state index contributed by atoms with van der Waals surface area (Å²) in [6.07, 6.45) is -8.42. The van der Waals surface area contributed by atoms with Crippen molar-refractivity contribution in [1.29, 1.82) is 0 Å². The number of rotatable bonds is 3. The molecule has 0 aliphatic carbocycles. The summed E-state index contributed by atoms with van der Waals surface area (Å²) in [4.78, 5) is 13.6. The number of aromatic carboxylic acids is 1. The summed E-state index contributed by atoms with van der Waals surface area (Å²) >= 11 is 0. The second-order valence-electron chi connectivity index (χ2n) is 3.19. The van der Waals surface area contributed by atoms with Gasteiger partial charge in [-0.3, -0.25) is 0 Å². The smallest absolute Gasteiger partial charge is 0.478 e. The van der Waals surface area contributed by atoms with E-state index in [-0.39, 0.29) is 5.56 Å². The first kappa shape index (κ1) is 14.1. The zero-order chi connectivity index (χ0) is 14.1. The molecule has 0 unspecified atom stereocenters. The molecule has 0 saturated heterocycles. The average molecular weight is 271 g/mol. The van der Waals surface area contributed by atoms with Crippen LogP contribution in [-0.2, 0) is 0 Å². The van der Waals surface area contributed by atoms with Crippen molar-refractivity contribution >= 4 is 5.97 Å². The van der Waals surface area contributed by atoms with Crippen molar-refractivity contribution in [2.45, 2.75) is 19.7 Å². The van der Waals surface area contributed by atoms with Crippen LogP contribution in [0.3, 0.4) is 0 Å². The van der Waals surface area contributed by atoms with Crippen LogP contribution in [0.1, 0.15) is 28.0 Å². The van der Waals surface area contributed by atoms with Crippen molar-refractivity contribution in [2.75, 3.05) is 0 Å². The molecule has 1 heterocycles. The van der Waals surface area contributed by atoms with Crippen LogP contribution in [0.2, 0.25) is 0 Å². The minimum Gasteiger partial charge on any atom is -0.478 e. The summed E-state index contributed by atoms with van der Waals surface area (Å²) < 4.78 is 64.1. The third-order valence-electron chi connectivity index (χ3n) is 1.86. The Balaban J connectivity index is 3.32. The average Bonchev–Trinajstić information content (AvgIpc) is 2.12. The molecular weight excluding hydrogens is 265 g/mol. The summed E-state index contributed by atoms with van der Waals surface area (Å²) in [5.41, 5.74) is -2.40. The number of aryl methyl sites for hydroxylation is 1. The van der Waals surface area contributed by atoms with Crippen molar-refractivity contribution < 1.29 is 36.6 Å². The van der Waals surface area contributed by atoms with Crippen LogP contribution in [0, 0.1) is 6.92 Å². The number of hydrogen-bond acceptors (Lipinski definition) is 3. The molecule has 0 amide bonds. The van der Waals surface area contributed by atoms with Crippen molar-refractivity contribution in [3.63, 3.8) is 0 Å². The number of hydrogen-bond donors (Lipinski definition) is 1. The summed E-state index contributed by atoms with van der Waals surface area (Å²) in [7, 11) is 0. The van der Waals surface area contributed by atoms with Gasteiger partial charge in [-0.1, -0.05) is 0 Å². The third-order valence-corrected chi connectivity index (χ3v) is 1.86. The second-order valence-corrected chi connectivity index (χ2v) is 3.19. The van der Waals surface area contributed by atoms with E-state index in [1.165, 1.54) is 0 Å². The molecule has 4 nitrogen and oxygen atoms in total. The van der Waals surface area contributed by atoms with Crippen LogP contribution in [0.4, 0.5) is 22.0 Å². The van der Waals surface area contributed by atoms with E-state index in [0.717, 1.165) is 6.92 Å². The van der Waals surface area contributed by atoms with E-state index in [9.17, 15) is 26.7 Å². The highest BCUT2D eigenvalue weighted by molar-refractivity contribution is 5.90. The molecule has 0 saturated carbocycles. The Labute approximate surface area is 97.0 Å². The fourth-order valence-electron chi connectivity index (χ4n) is 1.27. The number of aromatic nitrogens is 1. The van der Waals surface area contributed by atoms with Gasteiger partial charge < -0.3 is 9.84 Å². The molecule has 0 atom stereocenters. The van der Waals surface area contributed by atoms with Gasteiger partial charge in [0.2, 0.25) is 5.88 Å². The first-order valence-corrected chi connectivity index (χ1v) is 4.40. The number of ether oxygens (including phenoxy) is 1. The lowest BCUT2D eigenvalue weighted by Crippen LogP contribution is -2.19. The molecule has 9 heteroatoms. The van der Waals surface area contributed by atoms with Crippen LogP contribution >= 0.6 is 0 Å². The van der Waals surface area contributed by atoms with Gasteiger partial charge in [0.25, 0.3) is 6.43 Å². The minimum atomic E-state index is -5.09. The van der Waals surface area contributed by atoms with Gasteiger partial charge in [-0.2, -0.15) is 0 Å². The largest absolute Gasteiger partial charge is 0.574 e. The lowest BCUT2D eigenvalue weighted by atomic mass is 10.1. The summed E-state index contributed by atoms with van der Waals surface area (Å²) in [5, 5.41) is 8.68. The standard InChI is InChI=1S/C9H6F5NO3/c1-3-2-4(18-9(12,13)14)15-6(7(10)11)5(3)8(16)17/h2,7H,1H3,(H,16,17). The number of nitrogens with zero attached hydrogens (tertiary/aromatic N) is 1. The summed E-state index contributed by atoms with van der Waals surface area (Å²) in [5.74, 6) is -2.82. The number of carboxylic acids is 1. The van der Waals surface area contributed by atoms with Crippen molar-refractivity contribution in [3.8, 4) is 5.88 Å². The van der Waals surface area contributed by atoms with Crippen molar-refractivity contribution in [1.82, 2.24) is 4.98 Å². The molecule has 18 heavy (non-hydrogen) atoms. The Morgan fingerprint density at radius 2 is 2.00 bits per heavy atom. The summed E-state index contributed by atoms with van der Waals surface area (Å²) in [6.45, 7) is 1.07. The lowest BCUT2D eigenvalue weighted by molar-refractivity contribution is -0.276. The Hall–Kier alpha value is -1.93. The highest BCUT2D eigenvalue weighted by atomic mass is 19.4. The zero-order valence-corrected chi connectivity index (χ0v) is 8.76. The monoisotopic (exact) mass is 271 g/mol. The Morgan fingerprint density at radius 1 is 1.44 bits per heavy atom. The van der Waals surface area contributed by atoms with Gasteiger partial charge in [-0.05, 0) is 12.5 Å². The molecule has 1 aromatic rings. The van der Waals surface area contributed by atoms with Gasteiger partial charge in [0.05, 0.1) is 5.56 Å². The van der Waals surface area contributed by atoms with Gasteiger partial charge >= 0.3 is 12.3 Å². The van der Waals surface area contributed by atoms with E-state index >= 15 is 0 Å². The van der Waals surface area contributed by atoms with Crippen LogP contribution < -0.4 is 4.74 Å². The molecule has 100 valence electrons. The molecule has 0 aliphatic rings. The van der Waals surface area contributed by atoms with Gasteiger partial charge in [0.15, 0.2) is 0 Å². The van der Waals surface area contributed by atoms with E-state index in [1.807, 2.05) is 0 Å². The van der Waals surface area contributed by atoms with Crippen LogP contribution in [0.25, 0.3) is 0 Å². The zero-order valence-electron chi connectivity index (χ0n) is 8.76. The van der Waals surface area contributed by atoms with Crippen molar-refractivity contribution in [3.05, 3.63) is 22.9 Å². The molecule has 0 aliphatic heterocycles. The quantitative estimate of drug-likeness (QED) is 0.859. The molecule has 1 N–H and O–H groups in total. The van der Waals surface area contributed by atoms with Gasteiger partial charge in [-0.15, -0.1) is 13.2 Å². The number of alkyl halides is 5. The molecule has 1 aromatic heterocycles. The van der Waals surface area contributed by atoms with Gasteiger partial charge in [0.1, 0.15) is 5.69 Å². The number of carboxylic acid groups (broad SMARTS) is 1. The van der Waals surface area contributed by atoms with Crippen LogP contribution in [-0.4, -0.2) is 22.4 Å². The SMILES string of the molecule is Cc1cc(OC(F)(F)F)nc(C(F)F)c1C(=O)O. The molecular formula is C9H6F5NO3. The molecule has 0 aromatic carbocycles. The molecule has 0 radical (unpaired) electrons. The molecule has 1 rings (SSSR count). The Kier molecular flexibility index (Phi) is 3.73. The Bertz CT molecular complexity index is 472. The van der Waals surface area contributed by atoms with Crippen molar-refractivity contribution in [2.24, 2.45) is 0 Å². The first-order valence-electron chi connectivity index (χ1n) is 4.40. The third kappa shape index (κ3) is 3.28. The molecule has 0 fully saturated rings. The predicted octanol–water partition coefficient (Wildman–Crippen LogP) is 2.92. The highest BCUT2D eigenvalue weighted by Gasteiger charge is 2.33. The number of halogens is 5. The van der Waals surface area contributed by atoms with Crippen LogP contribution in [0.15, 0.2) is 6.07 Å². The van der Waals surface area contributed by atoms with E-state index in [2.05, 4.69) is 9.72 Å². The van der Waals surface area contributed by atoms with Crippen LogP contribution in [0.5, 0.6) is 5.88 Å². The predicted molar refractivity (Wildman–Crippen MR) is 47.6 cm³/mol. The highest BCUT2D eigenvalue weighted by Crippen LogP contribution is 2.29. The lowest BCUT2D eigenvalue weighted by Gasteiger charge is -2.12.